The largest absolute Gasteiger partial charge is 0.383 e. The molecule has 1 aliphatic carbocycles. The lowest BCUT2D eigenvalue weighted by molar-refractivity contribution is 0.215. The summed E-state index contributed by atoms with van der Waals surface area (Å²) in [6.07, 6.45) is 2.78. The summed E-state index contributed by atoms with van der Waals surface area (Å²) in [7, 11) is 0. The van der Waals surface area contributed by atoms with Crippen LogP contribution >= 0.6 is 0 Å². The van der Waals surface area contributed by atoms with Crippen LogP contribution in [0.5, 0.6) is 0 Å². The molecule has 3 aromatic rings. The van der Waals surface area contributed by atoms with Gasteiger partial charge in [-0.05, 0) is 18.4 Å². The maximum absolute atomic E-state index is 10.6. The maximum atomic E-state index is 10.6. The molecule has 0 spiro atoms. The van der Waals surface area contributed by atoms with E-state index in [1.807, 2.05) is 35.0 Å². The summed E-state index contributed by atoms with van der Waals surface area (Å²) in [5.41, 5.74) is 8.00. The van der Waals surface area contributed by atoms with E-state index < -0.39 is 6.10 Å². The van der Waals surface area contributed by atoms with Gasteiger partial charge in [0.15, 0.2) is 5.65 Å². The smallest absolute Gasteiger partial charge is 0.163 e. The summed E-state index contributed by atoms with van der Waals surface area (Å²) in [6.45, 7) is 0. The Labute approximate surface area is 121 Å². The van der Waals surface area contributed by atoms with Crippen LogP contribution in [0.15, 0.2) is 36.7 Å². The molecule has 106 valence electrons. The number of aliphatic hydroxyl groups excluding tert-OH is 1. The van der Waals surface area contributed by atoms with Gasteiger partial charge in [0.1, 0.15) is 23.9 Å². The van der Waals surface area contributed by atoms with Gasteiger partial charge >= 0.3 is 0 Å². The van der Waals surface area contributed by atoms with Crippen LogP contribution in [-0.2, 0) is 0 Å². The first kappa shape index (κ1) is 12.3. The normalized spacial score (nSPS) is 16.2. The first-order chi connectivity index (χ1) is 10.3. The highest BCUT2D eigenvalue weighted by atomic mass is 16.3. The third-order valence-electron chi connectivity index (χ3n) is 3.81. The predicted molar refractivity (Wildman–Crippen MR) is 78.5 cm³/mol. The number of hydrogen-bond acceptors (Lipinski definition) is 5. The van der Waals surface area contributed by atoms with Crippen molar-refractivity contribution in [1.29, 1.82) is 0 Å². The summed E-state index contributed by atoms with van der Waals surface area (Å²) in [4.78, 5) is 8.34. The van der Waals surface area contributed by atoms with Crippen LogP contribution in [0.4, 0.5) is 5.82 Å². The molecule has 0 aliphatic heterocycles. The van der Waals surface area contributed by atoms with E-state index in [1.54, 1.807) is 0 Å². The van der Waals surface area contributed by atoms with Gasteiger partial charge in [0, 0.05) is 0 Å². The van der Waals surface area contributed by atoms with Crippen molar-refractivity contribution in [2.45, 2.75) is 25.0 Å². The molecule has 6 heteroatoms. The summed E-state index contributed by atoms with van der Waals surface area (Å²) in [6, 6.07) is 9.78. The van der Waals surface area contributed by atoms with Crippen LogP contribution in [0, 0.1) is 0 Å². The van der Waals surface area contributed by atoms with Crippen LogP contribution in [0.3, 0.4) is 0 Å². The maximum Gasteiger partial charge on any atom is 0.163 e. The number of aliphatic hydroxyl groups is 1. The molecule has 1 aliphatic rings. The third kappa shape index (κ3) is 1.95. The lowest BCUT2D eigenvalue weighted by Gasteiger charge is -2.08. The van der Waals surface area contributed by atoms with E-state index >= 15 is 0 Å². The fraction of sp³-hybridized carbons (Fsp3) is 0.267. The van der Waals surface area contributed by atoms with E-state index in [0.717, 1.165) is 18.4 Å². The molecule has 1 aromatic carbocycles. The topological polar surface area (TPSA) is 89.8 Å². The summed E-state index contributed by atoms with van der Waals surface area (Å²) in [5.74, 6) is 0.358. The summed E-state index contributed by atoms with van der Waals surface area (Å²) < 4.78 is 1.87. The van der Waals surface area contributed by atoms with E-state index in [2.05, 4.69) is 15.1 Å². The van der Waals surface area contributed by atoms with Gasteiger partial charge in [-0.1, -0.05) is 30.3 Å². The van der Waals surface area contributed by atoms with E-state index in [1.165, 1.54) is 6.33 Å². The highest BCUT2D eigenvalue weighted by Crippen LogP contribution is 2.39. The molecule has 0 radical (unpaired) electrons. The summed E-state index contributed by atoms with van der Waals surface area (Å²) >= 11 is 0. The molecular weight excluding hydrogens is 266 g/mol. The molecule has 0 amide bonds. The lowest BCUT2D eigenvalue weighted by atomic mass is 10.1. The Kier molecular flexibility index (Phi) is 2.65. The molecule has 3 N–H and O–H groups in total. The Hall–Kier alpha value is -2.47. The molecule has 0 bridgehead atoms. The van der Waals surface area contributed by atoms with Crippen LogP contribution in [-0.4, -0.2) is 24.9 Å². The quantitative estimate of drug-likeness (QED) is 0.764. The lowest BCUT2D eigenvalue weighted by Crippen LogP contribution is -2.03. The number of fused-ring (bicyclic) bond motifs is 1. The summed E-state index contributed by atoms with van der Waals surface area (Å²) in [5, 5.41) is 15.9. The molecule has 1 saturated carbocycles. The van der Waals surface area contributed by atoms with Gasteiger partial charge in [-0.3, -0.25) is 0 Å². The number of hydrogen-bond donors (Lipinski definition) is 2. The fourth-order valence-electron chi connectivity index (χ4n) is 2.58. The number of nitrogens with zero attached hydrogens (tertiary/aromatic N) is 4. The second-order valence-corrected chi connectivity index (χ2v) is 5.33. The molecule has 1 unspecified atom stereocenters. The Morgan fingerprint density at radius 2 is 1.95 bits per heavy atom. The zero-order valence-corrected chi connectivity index (χ0v) is 11.3. The molecule has 21 heavy (non-hydrogen) atoms. The highest BCUT2D eigenvalue weighted by Gasteiger charge is 2.30. The molecular formula is C15H15N5O. The van der Waals surface area contributed by atoms with Crippen LogP contribution < -0.4 is 5.73 Å². The molecule has 1 atom stereocenters. The third-order valence-corrected chi connectivity index (χ3v) is 3.81. The van der Waals surface area contributed by atoms with Crippen molar-refractivity contribution >= 4 is 16.9 Å². The number of nitrogen functional groups attached to an aromatic ring is 1. The van der Waals surface area contributed by atoms with E-state index in [0.29, 0.717) is 28.6 Å². The minimum atomic E-state index is -0.831. The second-order valence-electron chi connectivity index (χ2n) is 5.33. The Balaban J connectivity index is 1.92. The van der Waals surface area contributed by atoms with E-state index in [9.17, 15) is 5.11 Å². The van der Waals surface area contributed by atoms with Crippen LogP contribution in [0.2, 0.25) is 0 Å². The first-order valence-electron chi connectivity index (χ1n) is 6.97. The van der Waals surface area contributed by atoms with Gasteiger partial charge < -0.3 is 10.8 Å². The zero-order chi connectivity index (χ0) is 14.4. The fourth-order valence-corrected chi connectivity index (χ4v) is 2.58. The van der Waals surface area contributed by atoms with Gasteiger partial charge in [-0.15, -0.1) is 0 Å². The number of anilines is 1. The predicted octanol–water partition coefficient (Wildman–Crippen LogP) is 1.83. The molecule has 0 saturated heterocycles. The number of nitrogens with two attached hydrogens (primary N) is 1. The van der Waals surface area contributed by atoms with Gasteiger partial charge in [-0.2, -0.15) is 5.10 Å². The minimum Gasteiger partial charge on any atom is -0.383 e. The van der Waals surface area contributed by atoms with Crippen molar-refractivity contribution in [2.24, 2.45) is 0 Å². The molecule has 4 rings (SSSR count). The number of benzene rings is 1. The van der Waals surface area contributed by atoms with Gasteiger partial charge in [0.25, 0.3) is 0 Å². The van der Waals surface area contributed by atoms with Crippen LogP contribution in [0.1, 0.15) is 36.2 Å². The first-order valence-corrected chi connectivity index (χ1v) is 6.97. The van der Waals surface area contributed by atoms with Crippen molar-refractivity contribution in [2.75, 3.05) is 5.73 Å². The van der Waals surface area contributed by atoms with Gasteiger partial charge in [0.2, 0.25) is 0 Å². The average molecular weight is 281 g/mol. The average Bonchev–Trinajstić information content (AvgIpc) is 3.28. The minimum absolute atomic E-state index is 0.358. The van der Waals surface area contributed by atoms with Crippen LogP contribution in [0.25, 0.3) is 11.0 Å². The zero-order valence-electron chi connectivity index (χ0n) is 11.3. The van der Waals surface area contributed by atoms with Crippen molar-refractivity contribution < 1.29 is 5.11 Å². The second kappa shape index (κ2) is 4.53. The Bertz CT molecular complexity index is 794. The SMILES string of the molecule is Nc1ncnc2c1c(C(O)c1ccccc1)nn2C1CC1. The van der Waals surface area contributed by atoms with E-state index in [-0.39, 0.29) is 0 Å². The van der Waals surface area contributed by atoms with E-state index in [4.69, 9.17) is 5.73 Å². The number of aromatic nitrogens is 4. The molecule has 6 nitrogen and oxygen atoms in total. The van der Waals surface area contributed by atoms with Crippen molar-refractivity contribution in [3.05, 3.63) is 47.9 Å². The van der Waals surface area contributed by atoms with Gasteiger partial charge in [-0.25, -0.2) is 14.6 Å². The Morgan fingerprint density at radius 3 is 2.67 bits per heavy atom. The molecule has 1 fully saturated rings. The van der Waals surface area contributed by atoms with Crippen molar-refractivity contribution in [3.8, 4) is 0 Å². The monoisotopic (exact) mass is 281 g/mol. The molecule has 2 aromatic heterocycles. The van der Waals surface area contributed by atoms with Crippen molar-refractivity contribution in [1.82, 2.24) is 19.7 Å². The standard InChI is InChI=1S/C15H15N5O/c16-14-11-12(13(21)9-4-2-1-3-5-9)19-20(10-6-7-10)15(11)18-8-17-14/h1-5,8,10,13,21H,6-7H2,(H2,16,17,18). The van der Waals surface area contributed by atoms with Gasteiger partial charge in [0.05, 0.1) is 11.4 Å². The number of rotatable bonds is 3. The highest BCUT2D eigenvalue weighted by molar-refractivity contribution is 5.88. The van der Waals surface area contributed by atoms with Crippen molar-refractivity contribution in [3.63, 3.8) is 0 Å². The Morgan fingerprint density at radius 1 is 1.19 bits per heavy atom. The molecule has 2 heterocycles.